The molecule has 0 bridgehead atoms. The maximum Gasteiger partial charge on any atom is 0.315 e. The summed E-state index contributed by atoms with van der Waals surface area (Å²) in [5, 5.41) is 6.02. The first kappa shape index (κ1) is 12.9. The number of unbranched alkanes of at least 4 members (excludes halogenated alkanes) is 1. The largest absolute Gasteiger partial charge is 0.338 e. The second-order valence-electron chi connectivity index (χ2n) is 5.18. The number of urea groups is 1. The first-order valence-corrected chi connectivity index (χ1v) is 6.79. The molecule has 18 heavy (non-hydrogen) atoms. The number of aryl methyl sites for hydroxylation is 1. The number of amides is 2. The number of benzene rings is 1. The Morgan fingerprint density at radius 1 is 1.28 bits per heavy atom. The van der Waals surface area contributed by atoms with E-state index in [4.69, 9.17) is 0 Å². The number of carbonyl (C=O) groups is 1. The fourth-order valence-corrected chi connectivity index (χ4v) is 2.12. The van der Waals surface area contributed by atoms with Crippen molar-refractivity contribution in [2.75, 3.05) is 6.54 Å². The second kappa shape index (κ2) is 5.42. The smallest absolute Gasteiger partial charge is 0.315 e. The van der Waals surface area contributed by atoms with Crippen molar-refractivity contribution in [3.8, 4) is 0 Å². The quantitative estimate of drug-likeness (QED) is 0.770. The average molecular weight is 246 g/mol. The summed E-state index contributed by atoms with van der Waals surface area (Å²) in [5.74, 6) is 0. The third-order valence-corrected chi connectivity index (χ3v) is 3.52. The Morgan fingerprint density at radius 2 is 1.94 bits per heavy atom. The molecule has 0 aliphatic heterocycles. The average Bonchev–Trinajstić information content (AvgIpc) is 3.11. The zero-order valence-electron chi connectivity index (χ0n) is 11.3. The minimum atomic E-state index is -0.107. The van der Waals surface area contributed by atoms with Crippen molar-refractivity contribution in [1.29, 1.82) is 0 Å². The molecule has 98 valence electrons. The van der Waals surface area contributed by atoms with Gasteiger partial charge in [-0.1, -0.05) is 43.2 Å². The first-order chi connectivity index (χ1) is 8.66. The van der Waals surface area contributed by atoms with Gasteiger partial charge in [-0.3, -0.25) is 0 Å². The van der Waals surface area contributed by atoms with Crippen LogP contribution < -0.4 is 10.6 Å². The molecule has 0 saturated heterocycles. The van der Waals surface area contributed by atoms with Crippen molar-refractivity contribution in [2.45, 2.75) is 45.1 Å². The van der Waals surface area contributed by atoms with Crippen LogP contribution in [0.5, 0.6) is 0 Å². The molecule has 3 nitrogen and oxygen atoms in total. The lowest BCUT2D eigenvalue weighted by molar-refractivity contribution is 0.235. The van der Waals surface area contributed by atoms with E-state index >= 15 is 0 Å². The number of nitrogens with one attached hydrogen (secondary N) is 2. The third-order valence-electron chi connectivity index (χ3n) is 3.52. The van der Waals surface area contributed by atoms with E-state index in [2.05, 4.69) is 48.7 Å². The number of rotatable bonds is 5. The van der Waals surface area contributed by atoms with Crippen LogP contribution >= 0.6 is 0 Å². The topological polar surface area (TPSA) is 41.1 Å². The summed E-state index contributed by atoms with van der Waals surface area (Å²) in [4.78, 5) is 11.8. The van der Waals surface area contributed by atoms with E-state index in [-0.39, 0.29) is 11.6 Å². The minimum Gasteiger partial charge on any atom is -0.338 e. The van der Waals surface area contributed by atoms with Crippen molar-refractivity contribution < 1.29 is 4.79 Å². The molecule has 1 fully saturated rings. The molecule has 3 heteroatoms. The van der Waals surface area contributed by atoms with Crippen molar-refractivity contribution >= 4 is 6.03 Å². The molecule has 2 rings (SSSR count). The molecule has 1 aliphatic carbocycles. The molecule has 2 amide bonds. The molecular weight excluding hydrogens is 224 g/mol. The van der Waals surface area contributed by atoms with Crippen LogP contribution in [0.15, 0.2) is 24.3 Å². The van der Waals surface area contributed by atoms with E-state index in [1.807, 2.05) is 0 Å². The molecule has 0 aromatic heterocycles. The Morgan fingerprint density at radius 3 is 2.50 bits per heavy atom. The lowest BCUT2D eigenvalue weighted by atomic mass is 10.0. The highest BCUT2D eigenvalue weighted by Crippen LogP contribution is 2.45. The van der Waals surface area contributed by atoms with Gasteiger partial charge in [-0.05, 0) is 31.7 Å². The van der Waals surface area contributed by atoms with Crippen LogP contribution in [-0.4, -0.2) is 12.6 Å². The maximum absolute atomic E-state index is 11.8. The number of hydrogen-bond acceptors (Lipinski definition) is 1. The van der Waals surface area contributed by atoms with Crippen LogP contribution in [0.3, 0.4) is 0 Å². The predicted octanol–water partition coefficient (Wildman–Crippen LogP) is 3.08. The van der Waals surface area contributed by atoms with Crippen molar-refractivity contribution in [3.05, 3.63) is 35.4 Å². The van der Waals surface area contributed by atoms with Crippen molar-refractivity contribution in [1.82, 2.24) is 10.6 Å². The van der Waals surface area contributed by atoms with E-state index in [9.17, 15) is 4.79 Å². The Kier molecular flexibility index (Phi) is 3.90. The van der Waals surface area contributed by atoms with Gasteiger partial charge in [0.25, 0.3) is 0 Å². The van der Waals surface area contributed by atoms with Gasteiger partial charge >= 0.3 is 6.03 Å². The van der Waals surface area contributed by atoms with Gasteiger partial charge in [0.05, 0.1) is 5.54 Å². The fourth-order valence-electron chi connectivity index (χ4n) is 2.12. The Bertz CT molecular complexity index is 407. The fraction of sp³-hybridized carbons (Fsp3) is 0.533. The SMILES string of the molecule is CCCCNC(=O)NC1(c2ccc(C)cc2)CC1. The van der Waals surface area contributed by atoms with Crippen molar-refractivity contribution in [3.63, 3.8) is 0 Å². The van der Waals surface area contributed by atoms with Gasteiger partial charge in [0.1, 0.15) is 0 Å². The van der Waals surface area contributed by atoms with Gasteiger partial charge in [0.2, 0.25) is 0 Å². The van der Waals surface area contributed by atoms with Crippen LogP contribution in [0.2, 0.25) is 0 Å². The van der Waals surface area contributed by atoms with E-state index < -0.39 is 0 Å². The van der Waals surface area contributed by atoms with Gasteiger partial charge in [0.15, 0.2) is 0 Å². The van der Waals surface area contributed by atoms with Gasteiger partial charge < -0.3 is 10.6 Å². The summed E-state index contributed by atoms with van der Waals surface area (Å²) >= 11 is 0. The monoisotopic (exact) mass is 246 g/mol. The van der Waals surface area contributed by atoms with E-state index in [1.165, 1.54) is 11.1 Å². The zero-order chi connectivity index (χ0) is 13.0. The minimum absolute atomic E-state index is 0.0403. The maximum atomic E-state index is 11.8. The number of hydrogen-bond donors (Lipinski definition) is 2. The van der Waals surface area contributed by atoms with E-state index in [0.29, 0.717) is 0 Å². The Hall–Kier alpha value is -1.51. The highest BCUT2D eigenvalue weighted by Gasteiger charge is 2.45. The van der Waals surface area contributed by atoms with Crippen LogP contribution in [-0.2, 0) is 5.54 Å². The molecule has 1 saturated carbocycles. The summed E-state index contributed by atoms with van der Waals surface area (Å²) < 4.78 is 0. The normalized spacial score (nSPS) is 16.1. The van der Waals surface area contributed by atoms with E-state index in [1.54, 1.807) is 0 Å². The summed E-state index contributed by atoms with van der Waals surface area (Å²) in [6, 6.07) is 8.41. The standard InChI is InChI=1S/C15H22N2O/c1-3-4-11-16-14(18)17-15(9-10-15)13-7-5-12(2)6-8-13/h5-8H,3-4,9-11H2,1-2H3,(H2,16,17,18). The molecule has 0 heterocycles. The van der Waals surface area contributed by atoms with Crippen LogP contribution in [0.25, 0.3) is 0 Å². The highest BCUT2D eigenvalue weighted by atomic mass is 16.2. The first-order valence-electron chi connectivity index (χ1n) is 6.79. The lowest BCUT2D eigenvalue weighted by Gasteiger charge is -2.18. The molecule has 1 aliphatic rings. The van der Waals surface area contributed by atoms with Gasteiger partial charge in [-0.25, -0.2) is 4.79 Å². The van der Waals surface area contributed by atoms with Gasteiger partial charge in [0, 0.05) is 6.54 Å². The van der Waals surface area contributed by atoms with Crippen LogP contribution in [0.1, 0.15) is 43.7 Å². The molecule has 1 aromatic rings. The molecule has 1 aromatic carbocycles. The third kappa shape index (κ3) is 3.03. The number of carbonyl (C=O) groups excluding carboxylic acids is 1. The summed E-state index contributed by atoms with van der Waals surface area (Å²) in [7, 11) is 0. The summed E-state index contributed by atoms with van der Waals surface area (Å²) in [6.45, 7) is 4.95. The Labute approximate surface area is 109 Å². The zero-order valence-corrected chi connectivity index (χ0v) is 11.3. The summed E-state index contributed by atoms with van der Waals surface area (Å²) in [6.07, 6.45) is 4.21. The molecule has 2 N–H and O–H groups in total. The second-order valence-corrected chi connectivity index (χ2v) is 5.18. The molecule has 0 radical (unpaired) electrons. The molecule has 0 spiro atoms. The van der Waals surface area contributed by atoms with Gasteiger partial charge in [-0.2, -0.15) is 0 Å². The van der Waals surface area contributed by atoms with Crippen LogP contribution in [0.4, 0.5) is 4.79 Å². The predicted molar refractivity (Wildman–Crippen MR) is 73.5 cm³/mol. The molecular formula is C15H22N2O. The molecule has 0 atom stereocenters. The Balaban J connectivity index is 1.92. The summed E-state index contributed by atoms with van der Waals surface area (Å²) in [5.41, 5.74) is 2.37. The van der Waals surface area contributed by atoms with Crippen LogP contribution in [0, 0.1) is 6.92 Å². The van der Waals surface area contributed by atoms with E-state index in [0.717, 1.165) is 32.2 Å². The highest BCUT2D eigenvalue weighted by molar-refractivity contribution is 5.75. The molecule has 0 unspecified atom stereocenters. The lowest BCUT2D eigenvalue weighted by Crippen LogP contribution is -2.42. The van der Waals surface area contributed by atoms with Crippen molar-refractivity contribution in [2.24, 2.45) is 0 Å². The van der Waals surface area contributed by atoms with Gasteiger partial charge in [-0.15, -0.1) is 0 Å².